The number of nitrogens with two attached hydrogens (primary N) is 1. The highest BCUT2D eigenvalue weighted by Gasteiger charge is 2.47. The van der Waals surface area contributed by atoms with Crippen molar-refractivity contribution in [1.82, 2.24) is 19.5 Å². The topological polar surface area (TPSA) is 167 Å². The molecule has 206 valence electrons. The standard InChI is InChI=1S/C23H36N5O8P/c1-15-16-17(27-20(24)26-15)28(11-25-16)10-23(8-9-23)34-14-37(31,35-12-32-18(29)21(2,3)4)36-13-33-19(30)22(5,6)7/h11H,8-10,12-14H2,1-7H3,(H2,24,26,27). The molecule has 3 rings (SSSR count). The largest absolute Gasteiger partial charge is 0.438 e. The Bertz CT molecular complexity index is 1160. The maximum absolute atomic E-state index is 13.4. The minimum atomic E-state index is -3.99. The monoisotopic (exact) mass is 541 g/mol. The Morgan fingerprint density at radius 3 is 2.05 bits per heavy atom. The Balaban J connectivity index is 1.67. The van der Waals surface area contributed by atoms with E-state index in [1.165, 1.54) is 0 Å². The number of aromatic nitrogens is 4. The number of carbonyl (C=O) groups is 2. The minimum Gasteiger partial charge on any atom is -0.438 e. The van der Waals surface area contributed by atoms with Gasteiger partial charge in [0.25, 0.3) is 0 Å². The van der Waals surface area contributed by atoms with Crippen LogP contribution < -0.4 is 5.73 Å². The fourth-order valence-electron chi connectivity index (χ4n) is 3.10. The third-order valence-corrected chi connectivity index (χ3v) is 7.00. The summed E-state index contributed by atoms with van der Waals surface area (Å²) in [5.41, 5.74) is 5.45. The Morgan fingerprint density at radius 2 is 1.57 bits per heavy atom. The SMILES string of the molecule is Cc1nc(N)nc2c1ncn2CC1(OCP(=O)(OCOC(=O)C(C)(C)C)OCOC(=O)C(C)(C)C)CC1. The number of aryl methyl sites for hydroxylation is 1. The summed E-state index contributed by atoms with van der Waals surface area (Å²) < 4.78 is 42.1. The molecule has 2 heterocycles. The van der Waals surface area contributed by atoms with Crippen molar-refractivity contribution in [3.05, 3.63) is 12.0 Å². The van der Waals surface area contributed by atoms with Crippen LogP contribution in [0, 0.1) is 17.8 Å². The summed E-state index contributed by atoms with van der Waals surface area (Å²) in [6.07, 6.45) is 2.55. The van der Waals surface area contributed by atoms with Crippen LogP contribution in [0.25, 0.3) is 11.2 Å². The molecule has 14 heteroatoms. The number of imidazole rings is 1. The summed E-state index contributed by atoms with van der Waals surface area (Å²) >= 11 is 0. The van der Waals surface area contributed by atoms with Gasteiger partial charge >= 0.3 is 19.5 Å². The van der Waals surface area contributed by atoms with Gasteiger partial charge in [-0.1, -0.05) is 0 Å². The second-order valence-electron chi connectivity index (χ2n) is 11.1. The number of fused-ring (bicyclic) bond motifs is 1. The van der Waals surface area contributed by atoms with Crippen molar-refractivity contribution >= 4 is 36.6 Å². The molecule has 0 spiro atoms. The normalized spacial score (nSPS) is 15.5. The molecule has 0 aromatic carbocycles. The van der Waals surface area contributed by atoms with Crippen LogP contribution in [-0.4, -0.2) is 57.0 Å². The quantitative estimate of drug-likeness (QED) is 0.250. The average molecular weight is 542 g/mol. The molecule has 0 saturated heterocycles. The molecule has 13 nitrogen and oxygen atoms in total. The van der Waals surface area contributed by atoms with E-state index in [0.29, 0.717) is 36.2 Å². The van der Waals surface area contributed by atoms with Gasteiger partial charge in [0, 0.05) is 0 Å². The van der Waals surface area contributed by atoms with E-state index in [1.807, 2.05) is 0 Å². The Hall–Kier alpha value is -2.60. The van der Waals surface area contributed by atoms with Crippen molar-refractivity contribution in [2.45, 2.75) is 73.5 Å². The molecule has 0 aliphatic heterocycles. The molecule has 0 unspecified atom stereocenters. The number of hydrogen-bond donors (Lipinski definition) is 1. The highest BCUT2D eigenvalue weighted by molar-refractivity contribution is 7.53. The number of hydrogen-bond acceptors (Lipinski definition) is 12. The molecule has 1 aliphatic rings. The van der Waals surface area contributed by atoms with Crippen molar-refractivity contribution in [3.63, 3.8) is 0 Å². The van der Waals surface area contributed by atoms with Crippen molar-refractivity contribution in [2.75, 3.05) is 25.7 Å². The van der Waals surface area contributed by atoms with Gasteiger partial charge in [0.1, 0.15) is 11.9 Å². The summed E-state index contributed by atoms with van der Waals surface area (Å²) in [5, 5.41) is 0. The minimum absolute atomic E-state index is 0.137. The van der Waals surface area contributed by atoms with Gasteiger partial charge in [-0.05, 0) is 61.3 Å². The van der Waals surface area contributed by atoms with Gasteiger partial charge in [-0.2, -0.15) is 4.98 Å². The molecule has 0 atom stereocenters. The Labute approximate surface area is 215 Å². The van der Waals surface area contributed by atoms with Gasteiger partial charge in [-0.3, -0.25) is 23.2 Å². The van der Waals surface area contributed by atoms with Crippen LogP contribution in [0.4, 0.5) is 5.95 Å². The van der Waals surface area contributed by atoms with Gasteiger partial charge in [-0.25, -0.2) is 9.97 Å². The molecule has 0 bridgehead atoms. The fourth-order valence-corrected chi connectivity index (χ4v) is 4.18. The Morgan fingerprint density at radius 1 is 1.03 bits per heavy atom. The fraction of sp³-hybridized carbons (Fsp3) is 0.696. The first-order chi connectivity index (χ1) is 17.0. The maximum atomic E-state index is 13.4. The number of anilines is 1. The van der Waals surface area contributed by atoms with Gasteiger partial charge in [0.2, 0.25) is 19.5 Å². The van der Waals surface area contributed by atoms with E-state index in [0.717, 1.165) is 0 Å². The second kappa shape index (κ2) is 10.6. The molecule has 1 aliphatic carbocycles. The van der Waals surface area contributed by atoms with Crippen LogP contribution in [0.5, 0.6) is 0 Å². The van der Waals surface area contributed by atoms with Crippen molar-refractivity contribution in [3.8, 4) is 0 Å². The predicted octanol–water partition coefficient (Wildman–Crippen LogP) is 3.54. The summed E-state index contributed by atoms with van der Waals surface area (Å²) in [6.45, 7) is 11.0. The van der Waals surface area contributed by atoms with E-state index in [1.54, 1.807) is 59.4 Å². The molecule has 1 fully saturated rings. The van der Waals surface area contributed by atoms with E-state index >= 15 is 0 Å². The molecule has 2 aromatic rings. The zero-order valence-electron chi connectivity index (χ0n) is 22.4. The zero-order chi connectivity index (χ0) is 27.6. The van der Waals surface area contributed by atoms with Gasteiger partial charge in [0.05, 0.1) is 35.0 Å². The van der Waals surface area contributed by atoms with Gasteiger partial charge in [-0.15, -0.1) is 0 Å². The lowest BCUT2D eigenvalue weighted by Crippen LogP contribution is -2.26. The smallest absolute Gasteiger partial charge is 0.361 e. The van der Waals surface area contributed by atoms with Crippen molar-refractivity contribution < 1.29 is 37.4 Å². The molecule has 1 saturated carbocycles. The molecule has 0 radical (unpaired) electrons. The molecule has 2 N–H and O–H groups in total. The van der Waals surface area contributed by atoms with Crippen molar-refractivity contribution in [2.24, 2.45) is 10.8 Å². The van der Waals surface area contributed by atoms with Crippen molar-refractivity contribution in [1.29, 1.82) is 0 Å². The average Bonchev–Trinajstić information content (AvgIpc) is 3.43. The second-order valence-corrected chi connectivity index (χ2v) is 13.1. The number of carbonyl (C=O) groups excluding carboxylic acids is 2. The maximum Gasteiger partial charge on any atom is 0.361 e. The van der Waals surface area contributed by atoms with Crippen LogP contribution in [0.3, 0.4) is 0 Å². The van der Waals surface area contributed by atoms with Crippen LogP contribution in [0.15, 0.2) is 6.33 Å². The van der Waals surface area contributed by atoms with E-state index in [-0.39, 0.29) is 5.95 Å². The molecular formula is C23H36N5O8P. The van der Waals surface area contributed by atoms with Gasteiger partial charge in [0.15, 0.2) is 5.65 Å². The molecule has 37 heavy (non-hydrogen) atoms. The van der Waals surface area contributed by atoms with Crippen LogP contribution in [0.1, 0.15) is 60.1 Å². The molecule has 2 aromatic heterocycles. The number of esters is 2. The lowest BCUT2D eigenvalue weighted by atomic mass is 9.98. The van der Waals surface area contributed by atoms with Crippen LogP contribution in [0.2, 0.25) is 0 Å². The predicted molar refractivity (Wildman–Crippen MR) is 133 cm³/mol. The number of nitrogens with zero attached hydrogens (tertiary/aromatic N) is 4. The lowest BCUT2D eigenvalue weighted by molar-refractivity contribution is -0.162. The highest BCUT2D eigenvalue weighted by atomic mass is 31.2. The third kappa shape index (κ3) is 7.70. The summed E-state index contributed by atoms with van der Waals surface area (Å²) in [6, 6.07) is 0. The number of rotatable bonds is 11. The summed E-state index contributed by atoms with van der Waals surface area (Å²) in [4.78, 5) is 36.9. The lowest BCUT2D eigenvalue weighted by Gasteiger charge is -2.24. The van der Waals surface area contributed by atoms with E-state index in [2.05, 4.69) is 15.0 Å². The van der Waals surface area contributed by atoms with Crippen LogP contribution in [-0.2, 0) is 44.0 Å². The number of ether oxygens (including phenoxy) is 3. The first-order valence-corrected chi connectivity index (χ1v) is 13.6. The first-order valence-electron chi connectivity index (χ1n) is 11.9. The zero-order valence-corrected chi connectivity index (χ0v) is 23.3. The van der Waals surface area contributed by atoms with Crippen LogP contribution >= 0.6 is 7.60 Å². The van der Waals surface area contributed by atoms with Gasteiger partial charge < -0.3 is 24.5 Å². The third-order valence-electron chi connectivity index (χ3n) is 5.55. The first kappa shape index (κ1) is 29.0. The summed E-state index contributed by atoms with van der Waals surface area (Å²) in [7, 11) is -3.99. The molecular weight excluding hydrogens is 505 g/mol. The summed E-state index contributed by atoms with van der Waals surface area (Å²) in [5.74, 6) is -0.943. The Kier molecular flexibility index (Phi) is 8.33. The van der Waals surface area contributed by atoms with E-state index in [4.69, 9.17) is 29.0 Å². The molecule has 0 amide bonds. The highest BCUT2D eigenvalue weighted by Crippen LogP contribution is 2.52. The van der Waals surface area contributed by atoms with E-state index < -0.39 is 55.9 Å². The number of nitrogen functional groups attached to an aromatic ring is 1. The van der Waals surface area contributed by atoms with E-state index in [9.17, 15) is 14.2 Å².